The Hall–Kier alpha value is -3.28. The number of tetrazole rings is 1. The van der Waals surface area contributed by atoms with Crippen LogP contribution in [0.1, 0.15) is 12.7 Å². The number of ether oxygens (including phenoxy) is 2. The van der Waals surface area contributed by atoms with Gasteiger partial charge in [0.15, 0.2) is 11.6 Å². The molecule has 2 rings (SSSR count). The second kappa shape index (κ2) is 7.82. The van der Waals surface area contributed by atoms with Crippen molar-refractivity contribution in [3.8, 4) is 17.5 Å². The van der Waals surface area contributed by atoms with Crippen LogP contribution in [0.5, 0.6) is 5.75 Å². The summed E-state index contributed by atoms with van der Waals surface area (Å²) < 4.78 is 11.2. The molecule has 1 aromatic heterocycles. The number of esters is 1. The summed E-state index contributed by atoms with van der Waals surface area (Å²) in [7, 11) is 1.55. The summed E-state index contributed by atoms with van der Waals surface area (Å²) in [6, 6.07) is 8.53. The highest BCUT2D eigenvalue weighted by molar-refractivity contribution is 6.02. The van der Waals surface area contributed by atoms with E-state index in [0.29, 0.717) is 11.4 Å². The van der Waals surface area contributed by atoms with E-state index in [1.807, 2.05) is 0 Å². The topological polar surface area (TPSA) is 120 Å². The first-order valence-corrected chi connectivity index (χ1v) is 7.11. The van der Waals surface area contributed by atoms with Crippen molar-refractivity contribution >= 4 is 11.8 Å². The van der Waals surface area contributed by atoms with Gasteiger partial charge in [-0.1, -0.05) is 0 Å². The van der Waals surface area contributed by atoms with Crippen molar-refractivity contribution in [1.82, 2.24) is 20.2 Å². The largest absolute Gasteiger partial charge is 0.497 e. The monoisotopic (exact) mass is 329 g/mol. The number of ketones is 1. The molecule has 0 radical (unpaired) electrons. The first kappa shape index (κ1) is 17.1. The summed E-state index contributed by atoms with van der Waals surface area (Å²) in [6.07, 6.45) is -0.268. The maximum atomic E-state index is 12.2. The summed E-state index contributed by atoms with van der Waals surface area (Å²) in [5, 5.41) is 20.2. The predicted octanol–water partition coefficient (Wildman–Crippen LogP) is 0.485. The maximum absolute atomic E-state index is 12.2. The number of hydrogen-bond donors (Lipinski definition) is 0. The van der Waals surface area contributed by atoms with Crippen LogP contribution < -0.4 is 4.74 Å². The van der Waals surface area contributed by atoms with E-state index in [9.17, 15) is 9.59 Å². The highest BCUT2D eigenvalue weighted by Crippen LogP contribution is 2.15. The lowest BCUT2D eigenvalue weighted by Crippen LogP contribution is -2.27. The fraction of sp³-hybridized carbons (Fsp3) is 0.333. The molecule has 0 amide bonds. The zero-order valence-corrected chi connectivity index (χ0v) is 13.2. The molecule has 0 bridgehead atoms. The van der Waals surface area contributed by atoms with Gasteiger partial charge in [-0.25, -0.2) is 0 Å². The summed E-state index contributed by atoms with van der Waals surface area (Å²) in [5.41, 5.74) is 0.619. The van der Waals surface area contributed by atoms with E-state index in [1.165, 1.54) is 4.68 Å². The van der Waals surface area contributed by atoms with Gasteiger partial charge in [0.2, 0.25) is 5.92 Å². The average Bonchev–Trinajstić information content (AvgIpc) is 3.04. The third kappa shape index (κ3) is 3.73. The van der Waals surface area contributed by atoms with Crippen LogP contribution in [0, 0.1) is 17.2 Å². The second-order valence-corrected chi connectivity index (χ2v) is 4.66. The number of nitrogens with zero attached hydrogens (tertiary/aromatic N) is 5. The first-order valence-electron chi connectivity index (χ1n) is 7.11. The van der Waals surface area contributed by atoms with Gasteiger partial charge in [-0.15, -0.1) is 5.10 Å². The summed E-state index contributed by atoms with van der Waals surface area (Å²) >= 11 is 0. The van der Waals surface area contributed by atoms with Crippen molar-refractivity contribution in [2.75, 3.05) is 13.7 Å². The zero-order valence-electron chi connectivity index (χ0n) is 13.2. The first-order chi connectivity index (χ1) is 11.6. The van der Waals surface area contributed by atoms with E-state index in [-0.39, 0.29) is 18.9 Å². The molecule has 1 aromatic carbocycles. The molecule has 0 spiro atoms. The lowest BCUT2D eigenvalue weighted by Gasteiger charge is -2.08. The van der Waals surface area contributed by atoms with Crippen molar-refractivity contribution in [2.45, 2.75) is 13.3 Å². The molecular formula is C15H15N5O4. The van der Waals surface area contributed by atoms with Crippen LogP contribution in [-0.2, 0) is 20.7 Å². The highest BCUT2D eigenvalue weighted by atomic mass is 16.5. The van der Waals surface area contributed by atoms with Crippen molar-refractivity contribution in [1.29, 1.82) is 5.26 Å². The number of rotatable bonds is 7. The van der Waals surface area contributed by atoms with Gasteiger partial charge < -0.3 is 9.47 Å². The molecule has 9 heteroatoms. The van der Waals surface area contributed by atoms with Gasteiger partial charge in [0, 0.05) is 0 Å². The quantitative estimate of drug-likeness (QED) is 0.531. The van der Waals surface area contributed by atoms with Gasteiger partial charge >= 0.3 is 5.97 Å². The predicted molar refractivity (Wildman–Crippen MR) is 80.2 cm³/mol. The number of methoxy groups -OCH3 is 1. The molecular weight excluding hydrogens is 314 g/mol. The smallest absolute Gasteiger partial charge is 0.331 e. The molecule has 9 nitrogen and oxygen atoms in total. The Bertz CT molecular complexity index is 763. The molecule has 124 valence electrons. The molecule has 2 aromatic rings. The Balaban J connectivity index is 2.19. The number of carbonyl (C=O) groups is 2. The van der Waals surface area contributed by atoms with E-state index in [2.05, 4.69) is 15.5 Å². The van der Waals surface area contributed by atoms with Gasteiger partial charge in [-0.05, 0) is 41.6 Å². The summed E-state index contributed by atoms with van der Waals surface area (Å²) in [5.74, 6) is -2.11. The third-order valence-corrected chi connectivity index (χ3v) is 3.16. The average molecular weight is 329 g/mol. The second-order valence-electron chi connectivity index (χ2n) is 4.66. The molecule has 1 atom stereocenters. The number of aromatic nitrogens is 4. The molecule has 24 heavy (non-hydrogen) atoms. The van der Waals surface area contributed by atoms with Crippen LogP contribution >= 0.6 is 0 Å². The fourth-order valence-corrected chi connectivity index (χ4v) is 1.98. The molecule has 0 fully saturated rings. The van der Waals surface area contributed by atoms with Gasteiger partial charge in [0.05, 0.1) is 31.9 Å². The molecule has 0 saturated carbocycles. The normalized spacial score (nSPS) is 11.4. The minimum absolute atomic E-state index is 0.0912. The molecule has 0 aliphatic heterocycles. The van der Waals surface area contributed by atoms with Gasteiger partial charge in [-0.2, -0.15) is 9.94 Å². The fourth-order valence-electron chi connectivity index (χ4n) is 1.98. The minimum Gasteiger partial charge on any atom is -0.497 e. The Morgan fingerprint density at radius 3 is 2.62 bits per heavy atom. The lowest BCUT2D eigenvalue weighted by atomic mass is 10.0. The Labute approximate surface area is 137 Å². The number of carbonyl (C=O) groups excluding carboxylic acids is 2. The van der Waals surface area contributed by atoms with Crippen molar-refractivity contribution in [3.63, 3.8) is 0 Å². The molecule has 1 unspecified atom stereocenters. The van der Waals surface area contributed by atoms with Crippen molar-refractivity contribution in [2.24, 2.45) is 5.92 Å². The van der Waals surface area contributed by atoms with Crippen molar-refractivity contribution < 1.29 is 19.1 Å². The van der Waals surface area contributed by atoms with E-state index < -0.39 is 17.7 Å². The van der Waals surface area contributed by atoms with E-state index in [0.717, 1.165) is 0 Å². The number of Topliss-reactive ketones (excluding diaryl/α,β-unsaturated/α-hetero) is 1. The minimum atomic E-state index is -1.49. The standard InChI is InChI=1S/C15H15N5O4/c1-3-24-15(22)12(9-16)13(21)8-14-17-18-19-20(14)10-4-6-11(23-2)7-5-10/h4-7,12H,3,8H2,1-2H3. The van der Waals surface area contributed by atoms with Gasteiger partial charge in [-0.3, -0.25) is 9.59 Å². The van der Waals surface area contributed by atoms with E-state index in [4.69, 9.17) is 14.7 Å². The van der Waals surface area contributed by atoms with Crippen LogP contribution in [0.4, 0.5) is 0 Å². The lowest BCUT2D eigenvalue weighted by molar-refractivity contribution is -0.149. The summed E-state index contributed by atoms with van der Waals surface area (Å²) in [4.78, 5) is 23.8. The SMILES string of the molecule is CCOC(=O)C(C#N)C(=O)Cc1nnnn1-c1ccc(OC)cc1. The van der Waals surface area contributed by atoms with Gasteiger partial charge in [0.25, 0.3) is 0 Å². The molecule has 0 aliphatic carbocycles. The third-order valence-electron chi connectivity index (χ3n) is 3.16. The van der Waals surface area contributed by atoms with Crippen LogP contribution in [0.25, 0.3) is 5.69 Å². The van der Waals surface area contributed by atoms with Crippen LogP contribution in [0.3, 0.4) is 0 Å². The molecule has 1 heterocycles. The Kier molecular flexibility index (Phi) is 5.57. The summed E-state index contributed by atoms with van der Waals surface area (Å²) in [6.45, 7) is 1.69. The number of nitriles is 1. The zero-order chi connectivity index (χ0) is 17.5. The van der Waals surface area contributed by atoms with Crippen LogP contribution in [-0.4, -0.2) is 45.7 Å². The van der Waals surface area contributed by atoms with Crippen molar-refractivity contribution in [3.05, 3.63) is 30.1 Å². The maximum Gasteiger partial charge on any atom is 0.331 e. The van der Waals surface area contributed by atoms with Crippen LogP contribution in [0.2, 0.25) is 0 Å². The number of hydrogen-bond acceptors (Lipinski definition) is 8. The van der Waals surface area contributed by atoms with Crippen LogP contribution in [0.15, 0.2) is 24.3 Å². The molecule has 0 N–H and O–H groups in total. The van der Waals surface area contributed by atoms with Gasteiger partial charge in [0.1, 0.15) is 5.75 Å². The van der Waals surface area contributed by atoms with E-state index in [1.54, 1.807) is 44.4 Å². The number of benzene rings is 1. The van der Waals surface area contributed by atoms with E-state index >= 15 is 0 Å². The highest BCUT2D eigenvalue weighted by Gasteiger charge is 2.29. The molecule has 0 saturated heterocycles. The Morgan fingerprint density at radius 1 is 1.33 bits per heavy atom. The molecule has 0 aliphatic rings. The Morgan fingerprint density at radius 2 is 2.04 bits per heavy atom.